The van der Waals surface area contributed by atoms with Gasteiger partial charge >= 0.3 is 0 Å². The molecule has 0 aliphatic carbocycles. The fraction of sp³-hybridized carbons (Fsp3) is 0.360. The van der Waals surface area contributed by atoms with Crippen molar-refractivity contribution < 1.29 is 9.69 Å². The van der Waals surface area contributed by atoms with Crippen molar-refractivity contribution in [3.05, 3.63) is 71.9 Å². The quantitative estimate of drug-likeness (QED) is 0.634. The second-order valence-electron chi connectivity index (χ2n) is 8.14. The van der Waals surface area contributed by atoms with E-state index >= 15 is 0 Å². The fourth-order valence-corrected chi connectivity index (χ4v) is 4.56. The highest BCUT2D eigenvalue weighted by Gasteiger charge is 2.25. The molecule has 4 nitrogen and oxygen atoms in total. The molecule has 0 saturated carbocycles. The summed E-state index contributed by atoms with van der Waals surface area (Å²) < 4.78 is 2.05. The van der Waals surface area contributed by atoms with Gasteiger partial charge in [-0.3, -0.25) is 4.79 Å². The summed E-state index contributed by atoms with van der Waals surface area (Å²) in [5, 5.41) is 9.92. The number of nitrogens with zero attached hydrogens (tertiary/aromatic N) is 2. The number of hydrogen-bond acceptors (Lipinski definition) is 2. The Labute approximate surface area is 172 Å². The molecule has 1 N–H and O–H groups in total. The Morgan fingerprint density at radius 3 is 2.55 bits per heavy atom. The zero-order valence-corrected chi connectivity index (χ0v) is 16.8. The van der Waals surface area contributed by atoms with Crippen LogP contribution >= 0.6 is 0 Å². The maximum atomic E-state index is 13.1. The van der Waals surface area contributed by atoms with E-state index in [4.69, 9.17) is 5.26 Å². The number of fused-ring (bicyclic) bond motifs is 1. The van der Waals surface area contributed by atoms with Gasteiger partial charge in [0.1, 0.15) is 6.54 Å². The van der Waals surface area contributed by atoms with Crippen LogP contribution in [0.4, 0.5) is 0 Å². The van der Waals surface area contributed by atoms with Crippen molar-refractivity contribution in [1.29, 1.82) is 5.26 Å². The van der Waals surface area contributed by atoms with E-state index in [1.807, 2.05) is 35.0 Å². The van der Waals surface area contributed by atoms with Crippen LogP contribution < -0.4 is 4.90 Å². The predicted octanol–water partition coefficient (Wildman–Crippen LogP) is 3.28. The summed E-state index contributed by atoms with van der Waals surface area (Å²) in [6, 6.07) is 20.9. The van der Waals surface area contributed by atoms with E-state index in [2.05, 4.69) is 36.4 Å². The van der Waals surface area contributed by atoms with Gasteiger partial charge in [0.15, 0.2) is 0 Å². The van der Waals surface area contributed by atoms with Gasteiger partial charge in [0.05, 0.1) is 25.6 Å². The number of ketones is 1. The first kappa shape index (κ1) is 19.4. The number of quaternary nitrogens is 1. The molecule has 0 spiro atoms. The highest BCUT2D eigenvalue weighted by molar-refractivity contribution is 6.08. The lowest BCUT2D eigenvalue weighted by Gasteiger charge is -2.28. The van der Waals surface area contributed by atoms with Crippen LogP contribution in [-0.4, -0.2) is 30.0 Å². The van der Waals surface area contributed by atoms with Gasteiger partial charge in [-0.25, -0.2) is 0 Å². The summed E-state index contributed by atoms with van der Waals surface area (Å²) in [6.07, 6.45) is 5.91. The van der Waals surface area contributed by atoms with Crippen molar-refractivity contribution in [3.63, 3.8) is 0 Å². The number of carbonyl (C=O) groups is 1. The molecule has 1 saturated heterocycles. The average molecular weight is 387 g/mol. The summed E-state index contributed by atoms with van der Waals surface area (Å²) in [5.41, 5.74) is 3.27. The summed E-state index contributed by atoms with van der Waals surface area (Å²) in [7, 11) is 0. The molecule has 1 aromatic heterocycles. The molecule has 0 radical (unpaired) electrons. The number of Topliss-reactive ketones (excluding diaryl/α,β-unsaturated/α-hetero) is 1. The first-order valence-electron chi connectivity index (χ1n) is 10.6. The van der Waals surface area contributed by atoms with Crippen LogP contribution in [0.1, 0.15) is 35.2 Å². The third-order valence-electron chi connectivity index (χ3n) is 6.14. The van der Waals surface area contributed by atoms with E-state index in [1.165, 1.54) is 23.3 Å². The van der Waals surface area contributed by atoms with Crippen LogP contribution in [0.2, 0.25) is 0 Å². The minimum atomic E-state index is 0.216. The molecule has 2 aromatic carbocycles. The number of carbonyl (C=O) groups excluding carboxylic acids is 1. The van der Waals surface area contributed by atoms with Gasteiger partial charge in [-0.1, -0.05) is 48.5 Å². The number of nitrogens with one attached hydrogen (secondary N) is 1. The first-order chi connectivity index (χ1) is 14.2. The van der Waals surface area contributed by atoms with E-state index in [-0.39, 0.29) is 5.78 Å². The Kier molecular flexibility index (Phi) is 6.07. The largest absolute Gasteiger partial charge is 0.346 e. The van der Waals surface area contributed by atoms with Crippen molar-refractivity contribution in [2.24, 2.45) is 5.92 Å². The average Bonchev–Trinajstić information content (AvgIpc) is 3.13. The smallest absolute Gasteiger partial charge is 0.219 e. The molecule has 0 atom stereocenters. The maximum Gasteiger partial charge on any atom is 0.219 e. The fourth-order valence-electron chi connectivity index (χ4n) is 4.56. The molecule has 148 valence electrons. The molecule has 4 rings (SSSR count). The summed E-state index contributed by atoms with van der Waals surface area (Å²) in [6.45, 7) is 3.32. The second kappa shape index (κ2) is 9.07. The summed E-state index contributed by atoms with van der Waals surface area (Å²) >= 11 is 0. The molecule has 0 unspecified atom stereocenters. The molecule has 3 aromatic rings. The maximum absolute atomic E-state index is 13.1. The molecule has 2 heterocycles. The van der Waals surface area contributed by atoms with Gasteiger partial charge in [0.25, 0.3) is 0 Å². The van der Waals surface area contributed by atoms with Gasteiger partial charge in [-0.2, -0.15) is 5.26 Å². The molecule has 1 aliphatic rings. The van der Waals surface area contributed by atoms with Crippen LogP contribution in [-0.2, 0) is 13.0 Å². The normalized spacial score (nSPS) is 19.1. The van der Waals surface area contributed by atoms with Crippen LogP contribution in [0.25, 0.3) is 10.9 Å². The molecule has 0 amide bonds. The van der Waals surface area contributed by atoms with Crippen LogP contribution in [0.15, 0.2) is 60.8 Å². The van der Waals surface area contributed by atoms with Crippen molar-refractivity contribution >= 4 is 16.7 Å². The van der Waals surface area contributed by atoms with E-state index < -0.39 is 0 Å². The third-order valence-corrected chi connectivity index (χ3v) is 6.14. The Balaban J connectivity index is 1.38. The Morgan fingerprint density at radius 2 is 1.79 bits per heavy atom. The van der Waals surface area contributed by atoms with E-state index in [9.17, 15) is 4.79 Å². The van der Waals surface area contributed by atoms with Gasteiger partial charge in [0.2, 0.25) is 5.78 Å². The second-order valence-corrected chi connectivity index (χ2v) is 8.14. The monoisotopic (exact) mass is 386 g/mol. The molecular formula is C25H28N3O+. The van der Waals surface area contributed by atoms with E-state index in [1.54, 1.807) is 0 Å². The topological polar surface area (TPSA) is 50.2 Å². The number of para-hydroxylation sites is 1. The highest BCUT2D eigenvalue weighted by Crippen LogP contribution is 2.22. The SMILES string of the molecule is N#CCCn1cc(C(=O)C[NH+]2CCC(Cc3ccccc3)CC2)c2ccccc21. The first-order valence-corrected chi connectivity index (χ1v) is 10.6. The number of hydrogen-bond donors (Lipinski definition) is 1. The molecule has 4 heteroatoms. The zero-order chi connectivity index (χ0) is 20.1. The molecular weight excluding hydrogens is 358 g/mol. The number of aryl methyl sites for hydroxylation is 1. The molecule has 1 fully saturated rings. The number of piperidine rings is 1. The summed E-state index contributed by atoms with van der Waals surface area (Å²) in [4.78, 5) is 14.5. The van der Waals surface area contributed by atoms with Gasteiger partial charge in [-0.15, -0.1) is 0 Å². The summed E-state index contributed by atoms with van der Waals surface area (Å²) in [5.74, 6) is 0.942. The van der Waals surface area contributed by atoms with Gasteiger partial charge in [-0.05, 0) is 36.8 Å². The molecule has 0 bridgehead atoms. The number of nitriles is 1. The lowest BCUT2D eigenvalue weighted by atomic mass is 9.90. The predicted molar refractivity (Wildman–Crippen MR) is 115 cm³/mol. The zero-order valence-electron chi connectivity index (χ0n) is 16.8. The van der Waals surface area contributed by atoms with Gasteiger partial charge < -0.3 is 9.47 Å². The van der Waals surface area contributed by atoms with E-state index in [0.717, 1.165) is 41.9 Å². The van der Waals surface area contributed by atoms with Crippen LogP contribution in [0.5, 0.6) is 0 Å². The van der Waals surface area contributed by atoms with E-state index in [0.29, 0.717) is 19.5 Å². The molecule has 29 heavy (non-hydrogen) atoms. The Morgan fingerprint density at radius 1 is 1.07 bits per heavy atom. The van der Waals surface area contributed by atoms with Crippen molar-refractivity contribution in [2.75, 3.05) is 19.6 Å². The number of rotatable bonds is 7. The van der Waals surface area contributed by atoms with Gasteiger partial charge in [0, 0.05) is 29.2 Å². The number of aromatic nitrogens is 1. The van der Waals surface area contributed by atoms with Crippen molar-refractivity contribution in [1.82, 2.24) is 4.57 Å². The van der Waals surface area contributed by atoms with Crippen molar-refractivity contribution in [3.8, 4) is 6.07 Å². The minimum Gasteiger partial charge on any atom is -0.346 e. The minimum absolute atomic E-state index is 0.216. The van der Waals surface area contributed by atoms with Crippen LogP contribution in [0.3, 0.4) is 0 Å². The third kappa shape index (κ3) is 4.58. The van der Waals surface area contributed by atoms with Crippen molar-refractivity contribution in [2.45, 2.75) is 32.2 Å². The Hall–Kier alpha value is -2.90. The number of likely N-dealkylation sites (tertiary alicyclic amines) is 1. The highest BCUT2D eigenvalue weighted by atomic mass is 16.1. The lowest BCUT2D eigenvalue weighted by molar-refractivity contribution is -0.897. The standard InChI is InChI=1S/C25H27N3O/c26-13-6-14-28-18-23(22-9-4-5-10-24(22)28)25(29)19-27-15-11-21(12-16-27)17-20-7-2-1-3-8-20/h1-5,7-10,18,21H,6,11-12,14-17,19H2/p+1. The number of benzene rings is 2. The van der Waals surface area contributed by atoms with Crippen LogP contribution in [0, 0.1) is 17.2 Å². The molecule has 1 aliphatic heterocycles. The lowest BCUT2D eigenvalue weighted by Crippen LogP contribution is -3.14. The Bertz CT molecular complexity index is 1010.